The molecule has 0 saturated heterocycles. The minimum Gasteiger partial charge on any atom is -0.454 e. The lowest BCUT2D eigenvalue weighted by Gasteiger charge is -2.08. The molecule has 3 aromatic heterocycles. The van der Waals surface area contributed by atoms with E-state index in [1.54, 1.807) is 38.4 Å². The predicted octanol–water partition coefficient (Wildman–Crippen LogP) is 3.24. The normalized spacial score (nSPS) is 10.5. The van der Waals surface area contributed by atoms with Gasteiger partial charge in [0, 0.05) is 23.5 Å². The molecule has 0 aliphatic rings. The number of pyridine rings is 2. The molecule has 0 amide bonds. The van der Waals surface area contributed by atoms with Gasteiger partial charge in [0.05, 0.1) is 25.0 Å². The summed E-state index contributed by atoms with van der Waals surface area (Å²) >= 11 is 0. The molecule has 0 spiro atoms. The number of carbonyl (C=O) groups excluding carboxylic acids is 1. The van der Waals surface area contributed by atoms with E-state index in [0.717, 1.165) is 6.20 Å². The van der Waals surface area contributed by atoms with Crippen LogP contribution in [-0.4, -0.2) is 25.7 Å². The zero-order valence-electron chi connectivity index (χ0n) is 13.7. The zero-order valence-corrected chi connectivity index (χ0v) is 13.7. The molecule has 0 aromatic carbocycles. The molecule has 6 nitrogen and oxygen atoms in total. The van der Waals surface area contributed by atoms with Crippen molar-refractivity contribution in [1.82, 2.24) is 19.9 Å². The molecule has 0 bridgehead atoms. The van der Waals surface area contributed by atoms with Crippen LogP contribution >= 0.6 is 0 Å². The van der Waals surface area contributed by atoms with Crippen molar-refractivity contribution in [1.29, 1.82) is 0 Å². The molecule has 0 N–H and O–H groups in total. The van der Waals surface area contributed by atoms with Gasteiger partial charge in [0.2, 0.25) is 0 Å². The first-order chi connectivity index (χ1) is 12.0. The van der Waals surface area contributed by atoms with Gasteiger partial charge in [-0.15, -0.1) is 0 Å². The third-order valence-corrected chi connectivity index (χ3v) is 3.34. The van der Waals surface area contributed by atoms with Crippen LogP contribution in [0.2, 0.25) is 0 Å². The average Bonchev–Trinajstić information content (AvgIpc) is 2.58. The Kier molecular flexibility index (Phi) is 4.74. The Morgan fingerprint density at radius 2 is 1.80 bits per heavy atom. The van der Waals surface area contributed by atoms with E-state index < -0.39 is 5.82 Å². The maximum Gasteiger partial charge on any atom is 0.187 e. The molecule has 0 aliphatic carbocycles. The van der Waals surface area contributed by atoms with Crippen molar-refractivity contribution in [3.63, 3.8) is 0 Å². The molecule has 25 heavy (non-hydrogen) atoms. The van der Waals surface area contributed by atoms with Gasteiger partial charge in [-0.25, -0.2) is 19.3 Å². The third-order valence-electron chi connectivity index (χ3n) is 3.34. The summed E-state index contributed by atoms with van der Waals surface area (Å²) in [5.74, 6) is 0.903. The highest BCUT2D eigenvalue weighted by Gasteiger charge is 2.13. The standard InChI is InChI=1S/C18H15FN4O2/c1-11-5-15(25-16-9-20-12(2)21-10-16)7-17(23-11)18(24)6-14-4-3-13(19)8-22-14/h3-5,7-10H,6H2,1-2H3. The Hall–Kier alpha value is -3.22. The lowest BCUT2D eigenvalue weighted by Crippen LogP contribution is -2.08. The SMILES string of the molecule is Cc1cc(Oc2cnc(C)nc2)cc(C(=O)Cc2ccc(F)cn2)n1. The second-order valence-corrected chi connectivity index (χ2v) is 5.47. The summed E-state index contributed by atoms with van der Waals surface area (Å²) in [5.41, 5.74) is 1.37. The van der Waals surface area contributed by atoms with E-state index >= 15 is 0 Å². The highest BCUT2D eigenvalue weighted by molar-refractivity contribution is 5.95. The minimum absolute atomic E-state index is 0.0316. The molecule has 3 rings (SSSR count). The highest BCUT2D eigenvalue weighted by atomic mass is 19.1. The van der Waals surface area contributed by atoms with Gasteiger partial charge < -0.3 is 4.74 Å². The number of nitrogens with zero attached hydrogens (tertiary/aromatic N) is 4. The van der Waals surface area contributed by atoms with E-state index in [-0.39, 0.29) is 17.9 Å². The Labute approximate surface area is 143 Å². The van der Waals surface area contributed by atoms with Crippen LogP contribution in [0.15, 0.2) is 42.9 Å². The quantitative estimate of drug-likeness (QED) is 0.665. The van der Waals surface area contributed by atoms with E-state index in [4.69, 9.17) is 4.74 Å². The summed E-state index contributed by atoms with van der Waals surface area (Å²) in [6.45, 7) is 3.55. The van der Waals surface area contributed by atoms with Crippen molar-refractivity contribution in [2.45, 2.75) is 20.3 Å². The van der Waals surface area contributed by atoms with Gasteiger partial charge in [0.1, 0.15) is 23.1 Å². The fourth-order valence-electron chi connectivity index (χ4n) is 2.17. The Bertz CT molecular complexity index is 896. The van der Waals surface area contributed by atoms with Gasteiger partial charge >= 0.3 is 0 Å². The van der Waals surface area contributed by atoms with E-state index in [9.17, 15) is 9.18 Å². The number of hydrogen-bond acceptors (Lipinski definition) is 6. The number of aryl methyl sites for hydroxylation is 2. The summed E-state index contributed by atoms with van der Waals surface area (Å²) < 4.78 is 18.6. The van der Waals surface area contributed by atoms with E-state index in [0.29, 0.717) is 28.7 Å². The van der Waals surface area contributed by atoms with Crippen molar-refractivity contribution in [2.24, 2.45) is 0 Å². The molecule has 126 valence electrons. The van der Waals surface area contributed by atoms with Gasteiger partial charge in [0.25, 0.3) is 0 Å². The van der Waals surface area contributed by atoms with Crippen molar-refractivity contribution in [2.75, 3.05) is 0 Å². The summed E-state index contributed by atoms with van der Waals surface area (Å²) in [6, 6.07) is 6.01. The van der Waals surface area contributed by atoms with Gasteiger partial charge in [-0.1, -0.05) is 0 Å². The maximum absolute atomic E-state index is 12.9. The zero-order chi connectivity index (χ0) is 17.8. The van der Waals surface area contributed by atoms with Crippen molar-refractivity contribution >= 4 is 5.78 Å². The Morgan fingerprint density at radius 3 is 2.48 bits per heavy atom. The smallest absolute Gasteiger partial charge is 0.187 e. The molecule has 7 heteroatoms. The predicted molar refractivity (Wildman–Crippen MR) is 88.0 cm³/mol. The van der Waals surface area contributed by atoms with Gasteiger partial charge in [-0.3, -0.25) is 9.78 Å². The first kappa shape index (κ1) is 16.6. The number of ketones is 1. The summed E-state index contributed by atoms with van der Waals surface area (Å²) in [4.78, 5) is 28.7. The first-order valence-electron chi connectivity index (χ1n) is 7.58. The number of ether oxygens (including phenoxy) is 1. The number of hydrogen-bond donors (Lipinski definition) is 0. The van der Waals surface area contributed by atoms with Gasteiger partial charge in [-0.05, 0) is 26.0 Å². The van der Waals surface area contributed by atoms with E-state index in [2.05, 4.69) is 19.9 Å². The van der Waals surface area contributed by atoms with Crippen LogP contribution in [0.3, 0.4) is 0 Å². The van der Waals surface area contributed by atoms with Crippen molar-refractivity contribution in [3.05, 3.63) is 71.6 Å². The van der Waals surface area contributed by atoms with Crippen LogP contribution in [0.5, 0.6) is 11.5 Å². The molecular formula is C18H15FN4O2. The maximum atomic E-state index is 12.9. The number of Topliss-reactive ketones (excluding diaryl/α,β-unsaturated/α-hetero) is 1. The van der Waals surface area contributed by atoms with Crippen LogP contribution in [-0.2, 0) is 6.42 Å². The van der Waals surface area contributed by atoms with Crippen LogP contribution in [0.4, 0.5) is 4.39 Å². The Morgan fingerprint density at radius 1 is 1.04 bits per heavy atom. The number of rotatable bonds is 5. The average molecular weight is 338 g/mol. The summed E-state index contributed by atoms with van der Waals surface area (Å²) in [7, 11) is 0. The van der Waals surface area contributed by atoms with Crippen molar-refractivity contribution < 1.29 is 13.9 Å². The van der Waals surface area contributed by atoms with Crippen molar-refractivity contribution in [3.8, 4) is 11.5 Å². The molecule has 3 aromatic rings. The van der Waals surface area contributed by atoms with Crippen LogP contribution in [0.1, 0.15) is 27.7 Å². The summed E-state index contributed by atoms with van der Waals surface area (Å²) in [5, 5.41) is 0. The Balaban J connectivity index is 1.79. The molecule has 3 heterocycles. The summed E-state index contributed by atoms with van der Waals surface area (Å²) in [6.07, 6.45) is 4.23. The fraction of sp³-hybridized carbons (Fsp3) is 0.167. The largest absolute Gasteiger partial charge is 0.454 e. The monoisotopic (exact) mass is 338 g/mol. The van der Waals surface area contributed by atoms with Crippen LogP contribution in [0.25, 0.3) is 0 Å². The van der Waals surface area contributed by atoms with Crippen LogP contribution < -0.4 is 4.74 Å². The van der Waals surface area contributed by atoms with Gasteiger partial charge in [-0.2, -0.15) is 0 Å². The molecule has 0 atom stereocenters. The molecule has 0 aliphatic heterocycles. The highest BCUT2D eigenvalue weighted by Crippen LogP contribution is 2.22. The van der Waals surface area contributed by atoms with Gasteiger partial charge in [0.15, 0.2) is 11.5 Å². The second kappa shape index (κ2) is 7.12. The number of carbonyl (C=O) groups is 1. The topological polar surface area (TPSA) is 77.9 Å². The number of halogens is 1. The second-order valence-electron chi connectivity index (χ2n) is 5.47. The molecule has 0 unspecified atom stereocenters. The number of aromatic nitrogens is 4. The molecule has 0 fully saturated rings. The lowest BCUT2D eigenvalue weighted by atomic mass is 10.1. The molecule has 0 saturated carbocycles. The lowest BCUT2D eigenvalue weighted by molar-refractivity contribution is 0.0986. The van der Waals surface area contributed by atoms with E-state index in [1.165, 1.54) is 12.1 Å². The third kappa shape index (κ3) is 4.41. The molecular weight excluding hydrogens is 323 g/mol. The van der Waals surface area contributed by atoms with Crippen LogP contribution in [0, 0.1) is 19.7 Å². The minimum atomic E-state index is -0.444. The van der Waals surface area contributed by atoms with E-state index in [1.807, 2.05) is 0 Å². The molecule has 0 radical (unpaired) electrons. The fourth-order valence-corrected chi connectivity index (χ4v) is 2.17. The first-order valence-corrected chi connectivity index (χ1v) is 7.58.